The van der Waals surface area contributed by atoms with E-state index in [9.17, 15) is 5.11 Å². The van der Waals surface area contributed by atoms with Crippen molar-refractivity contribution < 1.29 is 24.1 Å². The van der Waals surface area contributed by atoms with Gasteiger partial charge in [0.1, 0.15) is 18.5 Å². The summed E-state index contributed by atoms with van der Waals surface area (Å²) < 4.78 is 21.5. The fourth-order valence-corrected chi connectivity index (χ4v) is 3.10. The summed E-state index contributed by atoms with van der Waals surface area (Å²) in [5, 5.41) is 11.1. The summed E-state index contributed by atoms with van der Waals surface area (Å²) >= 11 is 5.88. The van der Waals surface area contributed by atoms with Gasteiger partial charge in [-0.1, -0.05) is 17.7 Å². The molecule has 2 aromatic carbocycles. The molecular weight excluding hydrogens is 394 g/mol. The summed E-state index contributed by atoms with van der Waals surface area (Å²) in [6.45, 7) is 2.81. The molecule has 0 heterocycles. The fraction of sp³-hybridized carbons (Fsp3) is 0.455. The molecule has 1 atom stereocenters. The van der Waals surface area contributed by atoms with Gasteiger partial charge in [-0.3, -0.25) is 4.90 Å². The summed E-state index contributed by atoms with van der Waals surface area (Å²) in [5.41, 5.74) is 1.07. The van der Waals surface area contributed by atoms with Crippen LogP contribution in [0.5, 0.6) is 17.2 Å². The van der Waals surface area contributed by atoms with Gasteiger partial charge in [-0.05, 0) is 48.4 Å². The Hall–Kier alpha value is -1.99. The second kappa shape index (κ2) is 12.5. The average molecular weight is 424 g/mol. The maximum Gasteiger partial charge on any atom is 0.161 e. The number of hydrogen-bond donors (Lipinski definition) is 1. The molecule has 29 heavy (non-hydrogen) atoms. The summed E-state index contributed by atoms with van der Waals surface area (Å²) in [7, 11) is 4.93. The Labute approximate surface area is 177 Å². The molecule has 0 saturated heterocycles. The zero-order valence-electron chi connectivity index (χ0n) is 17.3. The van der Waals surface area contributed by atoms with Crippen molar-refractivity contribution in [2.24, 2.45) is 0 Å². The van der Waals surface area contributed by atoms with Crippen LogP contribution in [0, 0.1) is 0 Å². The van der Waals surface area contributed by atoms with Gasteiger partial charge >= 0.3 is 0 Å². The lowest BCUT2D eigenvalue weighted by molar-refractivity contribution is 0.0617. The van der Waals surface area contributed by atoms with E-state index in [0.717, 1.165) is 18.5 Å². The number of nitrogens with zero attached hydrogens (tertiary/aromatic N) is 1. The number of rotatable bonds is 13. The molecule has 1 N–H and O–H groups in total. The molecular formula is C22H30ClNO5. The molecule has 0 aliphatic rings. The maximum absolute atomic E-state index is 10.5. The number of ether oxygens (including phenoxy) is 4. The van der Waals surface area contributed by atoms with Crippen LogP contribution in [-0.4, -0.2) is 63.7 Å². The number of halogens is 1. The number of aliphatic hydroxyl groups is 1. The van der Waals surface area contributed by atoms with Gasteiger partial charge < -0.3 is 24.1 Å². The van der Waals surface area contributed by atoms with E-state index in [-0.39, 0.29) is 6.61 Å². The lowest BCUT2D eigenvalue weighted by Crippen LogP contribution is -2.36. The summed E-state index contributed by atoms with van der Waals surface area (Å²) in [5.74, 6) is 2.06. The van der Waals surface area contributed by atoms with Crippen molar-refractivity contribution in [2.45, 2.75) is 19.1 Å². The smallest absolute Gasteiger partial charge is 0.161 e. The third kappa shape index (κ3) is 8.11. The quantitative estimate of drug-likeness (QED) is 0.496. The van der Waals surface area contributed by atoms with Gasteiger partial charge in [0.05, 0.1) is 14.2 Å². The summed E-state index contributed by atoms with van der Waals surface area (Å²) in [4.78, 5) is 2.18. The SMILES string of the molecule is COCCCN(Cc1ccc(OC)c(OC)c1)CC(O)COc1ccc(Cl)cc1. The zero-order valence-corrected chi connectivity index (χ0v) is 18.0. The molecule has 2 aromatic rings. The molecule has 0 aromatic heterocycles. The lowest BCUT2D eigenvalue weighted by Gasteiger charge is -2.25. The minimum atomic E-state index is -0.631. The zero-order chi connectivity index (χ0) is 21.1. The number of benzene rings is 2. The molecule has 0 radical (unpaired) electrons. The normalized spacial score (nSPS) is 12.1. The van der Waals surface area contributed by atoms with Gasteiger partial charge in [-0.25, -0.2) is 0 Å². The standard InChI is InChI=1S/C22H30ClNO5/c1-26-12-4-11-24(14-17-5-10-21(27-2)22(13-17)28-3)15-19(25)16-29-20-8-6-18(23)7-9-20/h5-10,13,19,25H,4,11-12,14-16H2,1-3H3. The van der Waals surface area contributed by atoms with Crippen LogP contribution in [0.25, 0.3) is 0 Å². The Morgan fingerprint density at radius 1 is 1.00 bits per heavy atom. The molecule has 2 rings (SSSR count). The Morgan fingerprint density at radius 2 is 1.72 bits per heavy atom. The van der Waals surface area contributed by atoms with Crippen LogP contribution in [0.2, 0.25) is 5.02 Å². The largest absolute Gasteiger partial charge is 0.493 e. The number of aliphatic hydroxyl groups excluding tert-OH is 1. The first kappa shape index (κ1) is 23.3. The number of hydrogen-bond acceptors (Lipinski definition) is 6. The van der Waals surface area contributed by atoms with Crippen LogP contribution < -0.4 is 14.2 Å². The second-order valence-corrected chi connectivity index (χ2v) is 7.13. The third-order valence-corrected chi connectivity index (χ3v) is 4.65. The molecule has 1 unspecified atom stereocenters. The minimum Gasteiger partial charge on any atom is -0.493 e. The fourth-order valence-electron chi connectivity index (χ4n) is 2.98. The highest BCUT2D eigenvalue weighted by Crippen LogP contribution is 2.28. The molecule has 160 valence electrons. The molecule has 7 heteroatoms. The van der Waals surface area contributed by atoms with E-state index < -0.39 is 6.10 Å². The van der Waals surface area contributed by atoms with Crippen LogP contribution >= 0.6 is 11.6 Å². The van der Waals surface area contributed by atoms with Crippen LogP contribution in [-0.2, 0) is 11.3 Å². The highest BCUT2D eigenvalue weighted by Gasteiger charge is 2.14. The predicted octanol–water partition coefficient (Wildman–Crippen LogP) is 3.64. The van der Waals surface area contributed by atoms with Crippen molar-refractivity contribution in [3.05, 3.63) is 53.1 Å². The van der Waals surface area contributed by atoms with Gasteiger partial charge in [0, 0.05) is 38.4 Å². The van der Waals surface area contributed by atoms with Gasteiger partial charge in [0.15, 0.2) is 11.5 Å². The summed E-state index contributed by atoms with van der Waals surface area (Å²) in [6.07, 6.45) is 0.238. The molecule has 0 aliphatic heterocycles. The molecule has 0 spiro atoms. The van der Waals surface area contributed by atoms with E-state index in [1.807, 2.05) is 18.2 Å². The lowest BCUT2D eigenvalue weighted by atomic mass is 10.1. The van der Waals surface area contributed by atoms with Gasteiger partial charge in [0.25, 0.3) is 0 Å². The molecule has 0 bridgehead atoms. The Kier molecular flexibility index (Phi) is 10.1. The Morgan fingerprint density at radius 3 is 2.38 bits per heavy atom. The van der Waals surface area contributed by atoms with E-state index in [0.29, 0.717) is 42.0 Å². The highest BCUT2D eigenvalue weighted by atomic mass is 35.5. The van der Waals surface area contributed by atoms with Crippen molar-refractivity contribution >= 4 is 11.6 Å². The van der Waals surface area contributed by atoms with Gasteiger partial charge in [0.2, 0.25) is 0 Å². The monoisotopic (exact) mass is 423 g/mol. The first-order chi connectivity index (χ1) is 14.0. The third-order valence-electron chi connectivity index (χ3n) is 4.40. The molecule has 6 nitrogen and oxygen atoms in total. The van der Waals surface area contributed by atoms with Crippen molar-refractivity contribution in [3.8, 4) is 17.2 Å². The molecule has 0 fully saturated rings. The predicted molar refractivity (Wildman–Crippen MR) is 114 cm³/mol. The van der Waals surface area contributed by atoms with E-state index in [2.05, 4.69) is 4.90 Å². The maximum atomic E-state index is 10.5. The Balaban J connectivity index is 1.96. The first-order valence-electron chi connectivity index (χ1n) is 9.54. The van der Waals surface area contributed by atoms with E-state index in [4.69, 9.17) is 30.5 Å². The van der Waals surface area contributed by atoms with Crippen LogP contribution in [0.15, 0.2) is 42.5 Å². The molecule has 0 amide bonds. The summed E-state index contributed by atoms with van der Waals surface area (Å²) in [6, 6.07) is 12.9. The van der Waals surface area contributed by atoms with E-state index >= 15 is 0 Å². The van der Waals surface area contributed by atoms with Crippen LogP contribution in [0.3, 0.4) is 0 Å². The van der Waals surface area contributed by atoms with Gasteiger partial charge in [-0.2, -0.15) is 0 Å². The van der Waals surface area contributed by atoms with Crippen molar-refractivity contribution in [2.75, 3.05) is 47.6 Å². The van der Waals surface area contributed by atoms with Gasteiger partial charge in [-0.15, -0.1) is 0 Å². The average Bonchev–Trinajstić information content (AvgIpc) is 2.73. The highest BCUT2D eigenvalue weighted by molar-refractivity contribution is 6.30. The van der Waals surface area contributed by atoms with Crippen molar-refractivity contribution in [1.29, 1.82) is 0 Å². The van der Waals surface area contributed by atoms with Crippen LogP contribution in [0.4, 0.5) is 0 Å². The van der Waals surface area contributed by atoms with E-state index in [1.165, 1.54) is 0 Å². The molecule has 0 aliphatic carbocycles. The number of methoxy groups -OCH3 is 3. The second-order valence-electron chi connectivity index (χ2n) is 6.69. The first-order valence-corrected chi connectivity index (χ1v) is 9.92. The Bertz CT molecular complexity index is 726. The minimum absolute atomic E-state index is 0.203. The van der Waals surface area contributed by atoms with Crippen LogP contribution in [0.1, 0.15) is 12.0 Å². The topological polar surface area (TPSA) is 60.4 Å². The van der Waals surface area contributed by atoms with E-state index in [1.54, 1.807) is 45.6 Å². The molecule has 0 saturated carbocycles. The van der Waals surface area contributed by atoms with Crippen molar-refractivity contribution in [3.63, 3.8) is 0 Å². The van der Waals surface area contributed by atoms with Crippen molar-refractivity contribution in [1.82, 2.24) is 4.90 Å².